The first-order valence-electron chi connectivity index (χ1n) is 7.42. The van der Waals surface area contributed by atoms with Gasteiger partial charge in [-0.05, 0) is 13.3 Å². The van der Waals surface area contributed by atoms with Gasteiger partial charge in [0.25, 0.3) is 0 Å². The Morgan fingerprint density at radius 1 is 1.29 bits per heavy atom. The van der Waals surface area contributed by atoms with Crippen LogP contribution in [0.15, 0.2) is 11.3 Å². The minimum Gasteiger partial charge on any atom is -0.296 e. The number of hydrogen-bond donors (Lipinski definition) is 1. The first kappa shape index (κ1) is 16.1. The second kappa shape index (κ2) is 6.64. The Morgan fingerprint density at radius 3 is 2.52 bits per heavy atom. The fourth-order valence-electron chi connectivity index (χ4n) is 2.51. The molecule has 1 N–H and O–H groups in total. The van der Waals surface area contributed by atoms with Crippen LogP contribution in [0.1, 0.15) is 20.3 Å². The molecule has 0 bridgehead atoms. The highest BCUT2D eigenvalue weighted by Crippen LogP contribution is 2.07. The average molecular weight is 313 g/mol. The van der Waals surface area contributed by atoms with Crippen molar-refractivity contribution >= 4 is 22.0 Å². The van der Waals surface area contributed by atoms with Gasteiger partial charge in [0.1, 0.15) is 9.84 Å². The zero-order valence-corrected chi connectivity index (χ0v) is 13.9. The third-order valence-electron chi connectivity index (χ3n) is 3.92. The van der Waals surface area contributed by atoms with E-state index in [1.807, 2.05) is 6.21 Å². The van der Waals surface area contributed by atoms with E-state index in [1.54, 1.807) is 0 Å². The molecule has 0 aromatic rings. The smallest absolute Gasteiger partial charge is 0.296 e. The van der Waals surface area contributed by atoms with Crippen molar-refractivity contribution in [3.63, 3.8) is 0 Å². The molecule has 0 saturated carbocycles. The number of sulfone groups is 1. The minimum absolute atomic E-state index is 0.238. The number of hydrogen-bond acceptors (Lipinski definition) is 5. The Bertz CT molecular complexity index is 580. The number of nitrogens with zero attached hydrogens (tertiary/aromatic N) is 3. The van der Waals surface area contributed by atoms with Crippen LogP contribution in [-0.2, 0) is 9.84 Å². The lowest BCUT2D eigenvalue weighted by molar-refractivity contribution is 0.188. The highest BCUT2D eigenvalue weighted by Gasteiger charge is 2.28. The zero-order chi connectivity index (χ0) is 15.5. The Balaban J connectivity index is 1.87. The Labute approximate surface area is 127 Å². The molecule has 0 spiro atoms. The van der Waals surface area contributed by atoms with E-state index in [2.05, 4.69) is 33.6 Å². The van der Waals surface area contributed by atoms with Gasteiger partial charge in [-0.3, -0.25) is 4.90 Å². The van der Waals surface area contributed by atoms with E-state index in [-0.39, 0.29) is 5.75 Å². The van der Waals surface area contributed by atoms with Gasteiger partial charge in [-0.1, -0.05) is 6.92 Å². The van der Waals surface area contributed by atoms with Gasteiger partial charge in [0.2, 0.25) is 0 Å². The van der Waals surface area contributed by atoms with Crippen LogP contribution in [0.25, 0.3) is 0 Å². The van der Waals surface area contributed by atoms with E-state index < -0.39 is 9.84 Å². The maximum atomic E-state index is 11.2. The molecule has 1 saturated heterocycles. The van der Waals surface area contributed by atoms with Crippen LogP contribution in [0, 0.1) is 0 Å². The molecular weight excluding hydrogens is 288 g/mol. The normalized spacial score (nSPS) is 20.5. The van der Waals surface area contributed by atoms with Gasteiger partial charge in [-0.25, -0.2) is 23.3 Å². The van der Waals surface area contributed by atoms with Gasteiger partial charge in [0.05, 0.1) is 24.5 Å². The standard InChI is InChI=1S/C14H24N4O2S/c1-4-13-12(2)11-15-14(16-13)18-7-5-17(6-8-18)9-10-21(3,19)20/h11H,4-10H2,1-3H3/p+1. The van der Waals surface area contributed by atoms with Crippen LogP contribution in [0.4, 0.5) is 0 Å². The number of allylic oxidation sites excluding steroid dienone is 2. The molecule has 0 radical (unpaired) electrons. The molecule has 1 fully saturated rings. The molecule has 0 aromatic carbocycles. The van der Waals surface area contributed by atoms with E-state index in [1.165, 1.54) is 17.5 Å². The summed E-state index contributed by atoms with van der Waals surface area (Å²) in [4.78, 5) is 4.43. The van der Waals surface area contributed by atoms with Gasteiger partial charge < -0.3 is 0 Å². The summed E-state index contributed by atoms with van der Waals surface area (Å²) in [6, 6.07) is 0. The second-order valence-electron chi connectivity index (χ2n) is 5.68. The first-order chi connectivity index (χ1) is 9.89. The monoisotopic (exact) mass is 313 g/mol. The summed E-state index contributed by atoms with van der Waals surface area (Å²) >= 11 is 0. The van der Waals surface area contributed by atoms with E-state index in [0.717, 1.165) is 38.6 Å². The highest BCUT2D eigenvalue weighted by atomic mass is 32.2. The van der Waals surface area contributed by atoms with Gasteiger partial charge in [-0.2, -0.15) is 0 Å². The zero-order valence-electron chi connectivity index (χ0n) is 13.1. The predicted molar refractivity (Wildman–Crippen MR) is 87.1 cm³/mol. The summed E-state index contributed by atoms with van der Waals surface area (Å²) < 4.78 is 26.9. The quantitative estimate of drug-likeness (QED) is 0.704. The second-order valence-corrected chi connectivity index (χ2v) is 7.94. The summed E-state index contributed by atoms with van der Waals surface area (Å²) in [7, 11) is -2.88. The molecule has 2 rings (SSSR count). The van der Waals surface area contributed by atoms with Gasteiger partial charge in [-0.15, -0.1) is 0 Å². The largest absolute Gasteiger partial charge is 0.445 e. The summed E-state index contributed by atoms with van der Waals surface area (Å²) in [5, 5.41) is 3.40. The van der Waals surface area contributed by atoms with E-state index in [9.17, 15) is 8.42 Å². The van der Waals surface area contributed by atoms with Gasteiger partial charge >= 0.3 is 5.96 Å². The molecule has 0 amide bonds. The molecule has 2 aliphatic heterocycles. The van der Waals surface area contributed by atoms with Crippen molar-refractivity contribution in [2.75, 3.05) is 44.7 Å². The van der Waals surface area contributed by atoms with E-state index in [4.69, 9.17) is 0 Å². The van der Waals surface area contributed by atoms with Crippen LogP contribution >= 0.6 is 0 Å². The lowest BCUT2D eigenvalue weighted by Crippen LogP contribution is -2.54. The molecule has 7 heteroatoms. The van der Waals surface area contributed by atoms with Crippen LogP contribution in [0.3, 0.4) is 0 Å². The maximum Gasteiger partial charge on any atom is 0.445 e. The fraction of sp³-hybridized carbons (Fsp3) is 0.714. The lowest BCUT2D eigenvalue weighted by Gasteiger charge is -2.31. The first-order valence-corrected chi connectivity index (χ1v) is 9.48. The van der Waals surface area contributed by atoms with Gasteiger partial charge in [0, 0.05) is 31.5 Å². The summed E-state index contributed by atoms with van der Waals surface area (Å²) in [6.45, 7) is 8.32. The Kier molecular flexibility index (Phi) is 5.08. The number of piperazine rings is 1. The molecule has 0 atom stereocenters. The summed E-state index contributed by atoms with van der Waals surface area (Å²) in [5.41, 5.74) is 2.41. The predicted octanol–water partition coefficient (Wildman–Crippen LogP) is -0.570. The van der Waals surface area contributed by atoms with Crippen LogP contribution in [0.5, 0.6) is 0 Å². The van der Waals surface area contributed by atoms with Crippen LogP contribution in [-0.4, -0.2) is 75.1 Å². The van der Waals surface area contributed by atoms with Crippen molar-refractivity contribution in [2.24, 2.45) is 0 Å². The number of nitrogens with one attached hydrogen (secondary N) is 1. The maximum absolute atomic E-state index is 11.2. The van der Waals surface area contributed by atoms with E-state index >= 15 is 0 Å². The third kappa shape index (κ3) is 4.59. The molecule has 118 valence electrons. The molecule has 6 nitrogen and oxygen atoms in total. The highest BCUT2D eigenvalue weighted by molar-refractivity contribution is 7.90. The van der Waals surface area contributed by atoms with Crippen LogP contribution < -0.4 is 9.98 Å². The fourth-order valence-corrected chi connectivity index (χ4v) is 3.10. The minimum atomic E-state index is -2.88. The van der Waals surface area contributed by atoms with Crippen molar-refractivity contribution in [1.82, 2.24) is 19.8 Å². The van der Waals surface area contributed by atoms with Crippen molar-refractivity contribution in [1.29, 1.82) is 0 Å². The van der Waals surface area contributed by atoms with Crippen molar-refractivity contribution in [3.8, 4) is 0 Å². The molecular formula is C14H25N4O2S+. The Morgan fingerprint density at radius 2 is 1.95 bits per heavy atom. The van der Waals surface area contributed by atoms with Crippen molar-refractivity contribution < 1.29 is 8.42 Å². The number of rotatable bonds is 4. The summed E-state index contributed by atoms with van der Waals surface area (Å²) in [5.74, 6) is 1.15. The summed E-state index contributed by atoms with van der Waals surface area (Å²) in [6.07, 6.45) is 4.18. The van der Waals surface area contributed by atoms with Crippen molar-refractivity contribution in [3.05, 3.63) is 11.3 Å². The molecule has 0 unspecified atom stereocenters. The lowest BCUT2D eigenvalue weighted by atomic mass is 10.2. The van der Waals surface area contributed by atoms with E-state index in [0.29, 0.717) is 6.54 Å². The molecule has 0 aromatic heterocycles. The SMILES string of the molecule is CCC1=C(C)C=[N+]=C(N2CCN(CCS(C)(=O)=O)CC2)N1. The Hall–Kier alpha value is -1.30. The molecule has 2 aliphatic rings. The van der Waals surface area contributed by atoms with Gasteiger partial charge in [0.15, 0.2) is 6.21 Å². The average Bonchev–Trinajstić information content (AvgIpc) is 2.45. The number of guanidine groups is 1. The van der Waals surface area contributed by atoms with Crippen LogP contribution in [0.2, 0.25) is 0 Å². The molecule has 2 heterocycles. The van der Waals surface area contributed by atoms with Crippen molar-refractivity contribution in [2.45, 2.75) is 20.3 Å². The molecule has 21 heavy (non-hydrogen) atoms. The molecule has 0 aliphatic carbocycles. The topological polar surface area (TPSA) is 66.8 Å². The third-order valence-corrected chi connectivity index (χ3v) is 4.85.